The number of aromatic nitrogens is 2. The first-order chi connectivity index (χ1) is 13.7. The Balaban J connectivity index is 1.13. The third kappa shape index (κ3) is 3.63. The lowest BCUT2D eigenvalue weighted by molar-refractivity contribution is -0.139. The molecule has 0 unspecified atom stereocenters. The van der Waals surface area contributed by atoms with Crippen molar-refractivity contribution in [3.05, 3.63) is 66.1 Å². The van der Waals surface area contributed by atoms with Crippen LogP contribution in [0, 0.1) is 0 Å². The van der Waals surface area contributed by atoms with E-state index in [1.165, 1.54) is 0 Å². The third-order valence-electron chi connectivity index (χ3n) is 5.18. The van der Waals surface area contributed by atoms with Gasteiger partial charge in [0.1, 0.15) is 11.9 Å². The number of ether oxygens (including phenoxy) is 1. The Morgan fingerprint density at radius 3 is 2.54 bits per heavy atom. The highest BCUT2D eigenvalue weighted by atomic mass is 16.5. The van der Waals surface area contributed by atoms with E-state index in [2.05, 4.69) is 10.1 Å². The molecule has 2 fully saturated rings. The average Bonchev–Trinajstić information content (AvgIpc) is 3.42. The Hall–Kier alpha value is -3.15. The van der Waals surface area contributed by atoms with E-state index >= 15 is 0 Å². The minimum atomic E-state index is 0.0391. The van der Waals surface area contributed by atoms with Gasteiger partial charge in [0.25, 0.3) is 0 Å². The van der Waals surface area contributed by atoms with Crippen LogP contribution in [0.3, 0.4) is 0 Å². The molecule has 0 N–H and O–H groups in total. The van der Waals surface area contributed by atoms with Crippen molar-refractivity contribution in [2.75, 3.05) is 13.1 Å². The van der Waals surface area contributed by atoms with Gasteiger partial charge in [-0.2, -0.15) is 4.98 Å². The van der Waals surface area contributed by atoms with Crippen LogP contribution in [0.4, 0.5) is 0 Å². The number of likely N-dealkylation sites (tertiary alicyclic amines) is 1. The maximum absolute atomic E-state index is 12.3. The van der Waals surface area contributed by atoms with E-state index in [1.807, 2.05) is 59.5 Å². The number of benzene rings is 2. The van der Waals surface area contributed by atoms with Crippen LogP contribution in [0.1, 0.15) is 30.2 Å². The topological polar surface area (TPSA) is 68.5 Å². The number of hydrogen-bond donors (Lipinski definition) is 0. The molecule has 0 spiro atoms. The van der Waals surface area contributed by atoms with Crippen LogP contribution in [0.2, 0.25) is 0 Å². The number of amides is 1. The molecule has 2 aliphatic rings. The molecule has 1 saturated carbocycles. The van der Waals surface area contributed by atoms with E-state index < -0.39 is 0 Å². The zero-order valence-corrected chi connectivity index (χ0v) is 15.5. The van der Waals surface area contributed by atoms with Gasteiger partial charge in [0.05, 0.1) is 19.5 Å². The third-order valence-corrected chi connectivity index (χ3v) is 5.18. The van der Waals surface area contributed by atoms with Crippen LogP contribution in [0.15, 0.2) is 59.1 Å². The molecule has 28 heavy (non-hydrogen) atoms. The van der Waals surface area contributed by atoms with E-state index in [1.54, 1.807) is 0 Å². The molecule has 6 heteroatoms. The standard InChI is InChI=1S/C22H21N3O3/c26-20(12-15-4-2-1-3-5-15)25-13-19(14-25)27-18-10-8-16(9-11-18)21-23-22(28-24-21)17-6-7-17/h1-5,8-11,17,19H,6-7,12-14H2. The second-order valence-electron chi connectivity index (χ2n) is 7.46. The summed E-state index contributed by atoms with van der Waals surface area (Å²) in [5.74, 6) is 2.75. The molecule has 2 aromatic carbocycles. The molecule has 6 nitrogen and oxygen atoms in total. The Kier molecular flexibility index (Phi) is 4.31. The number of nitrogens with zero attached hydrogens (tertiary/aromatic N) is 3. The van der Waals surface area contributed by atoms with Gasteiger partial charge in [0, 0.05) is 11.5 Å². The summed E-state index contributed by atoms with van der Waals surface area (Å²) in [6.45, 7) is 1.26. The summed E-state index contributed by atoms with van der Waals surface area (Å²) in [5, 5.41) is 4.06. The fourth-order valence-corrected chi connectivity index (χ4v) is 3.32. The first kappa shape index (κ1) is 17.0. The summed E-state index contributed by atoms with van der Waals surface area (Å²) < 4.78 is 11.3. The van der Waals surface area contributed by atoms with Crippen LogP contribution in [-0.4, -0.2) is 40.1 Å². The van der Waals surface area contributed by atoms with Crippen LogP contribution in [-0.2, 0) is 11.2 Å². The zero-order valence-electron chi connectivity index (χ0n) is 15.5. The van der Waals surface area contributed by atoms with Crippen molar-refractivity contribution in [3.8, 4) is 17.1 Å². The molecule has 0 radical (unpaired) electrons. The average molecular weight is 375 g/mol. The van der Waals surface area contributed by atoms with E-state index in [0.717, 1.165) is 35.6 Å². The van der Waals surface area contributed by atoms with Gasteiger partial charge in [-0.25, -0.2) is 0 Å². The SMILES string of the molecule is O=C(Cc1ccccc1)N1CC(Oc2ccc(-c3noc(C4CC4)n3)cc2)C1. The Labute approximate surface area is 163 Å². The maximum atomic E-state index is 12.3. The second-order valence-corrected chi connectivity index (χ2v) is 7.46. The minimum Gasteiger partial charge on any atom is -0.487 e. The minimum absolute atomic E-state index is 0.0391. The molecule has 3 aromatic rings. The number of rotatable bonds is 6. The predicted octanol–water partition coefficient (Wildman–Crippen LogP) is 3.45. The van der Waals surface area contributed by atoms with Crippen molar-refractivity contribution in [1.82, 2.24) is 15.0 Å². The lowest BCUT2D eigenvalue weighted by atomic mass is 10.1. The highest BCUT2D eigenvalue weighted by molar-refractivity contribution is 5.79. The first-order valence-electron chi connectivity index (χ1n) is 9.67. The van der Waals surface area contributed by atoms with Crippen molar-refractivity contribution in [2.24, 2.45) is 0 Å². The molecule has 1 saturated heterocycles. The maximum Gasteiger partial charge on any atom is 0.230 e. The van der Waals surface area contributed by atoms with E-state index in [-0.39, 0.29) is 12.0 Å². The van der Waals surface area contributed by atoms with E-state index in [9.17, 15) is 4.79 Å². The van der Waals surface area contributed by atoms with Crippen molar-refractivity contribution < 1.29 is 14.1 Å². The summed E-state index contributed by atoms with van der Waals surface area (Å²) in [7, 11) is 0. The fourth-order valence-electron chi connectivity index (χ4n) is 3.32. The molecule has 1 aliphatic carbocycles. The normalized spacial score (nSPS) is 16.6. The van der Waals surface area contributed by atoms with Crippen LogP contribution in [0.25, 0.3) is 11.4 Å². The highest BCUT2D eigenvalue weighted by Crippen LogP contribution is 2.39. The number of hydrogen-bond acceptors (Lipinski definition) is 5. The molecular weight excluding hydrogens is 354 g/mol. The van der Waals surface area contributed by atoms with Crippen LogP contribution < -0.4 is 4.74 Å². The smallest absolute Gasteiger partial charge is 0.230 e. The van der Waals surface area contributed by atoms with Gasteiger partial charge >= 0.3 is 0 Å². The molecule has 0 bridgehead atoms. The quantitative estimate of drug-likeness (QED) is 0.660. The first-order valence-corrected chi connectivity index (χ1v) is 9.67. The summed E-state index contributed by atoms with van der Waals surface area (Å²) in [4.78, 5) is 18.6. The molecule has 1 aromatic heterocycles. The van der Waals surface area contributed by atoms with Gasteiger partial charge in [-0.3, -0.25) is 4.79 Å². The summed E-state index contributed by atoms with van der Waals surface area (Å²) in [6.07, 6.45) is 2.76. The van der Waals surface area contributed by atoms with E-state index in [0.29, 0.717) is 31.3 Å². The van der Waals surface area contributed by atoms with Gasteiger partial charge < -0.3 is 14.2 Å². The molecule has 0 atom stereocenters. The lowest BCUT2D eigenvalue weighted by Gasteiger charge is -2.39. The summed E-state index contributed by atoms with van der Waals surface area (Å²) in [5.41, 5.74) is 1.95. The van der Waals surface area contributed by atoms with Crippen molar-refractivity contribution in [3.63, 3.8) is 0 Å². The highest BCUT2D eigenvalue weighted by Gasteiger charge is 2.32. The monoisotopic (exact) mass is 375 g/mol. The summed E-state index contributed by atoms with van der Waals surface area (Å²) in [6, 6.07) is 17.5. The molecule has 5 rings (SSSR count). The molecular formula is C22H21N3O3. The van der Waals surface area contributed by atoms with Gasteiger partial charge in [0.2, 0.25) is 17.6 Å². The molecule has 142 valence electrons. The van der Waals surface area contributed by atoms with Crippen molar-refractivity contribution in [2.45, 2.75) is 31.3 Å². The summed E-state index contributed by atoms with van der Waals surface area (Å²) >= 11 is 0. The fraction of sp³-hybridized carbons (Fsp3) is 0.318. The van der Waals surface area contributed by atoms with Crippen LogP contribution >= 0.6 is 0 Å². The Bertz CT molecular complexity index is 958. The van der Waals surface area contributed by atoms with Gasteiger partial charge in [-0.1, -0.05) is 35.5 Å². The molecule has 2 heterocycles. The van der Waals surface area contributed by atoms with Crippen molar-refractivity contribution >= 4 is 5.91 Å². The Morgan fingerprint density at radius 1 is 1.07 bits per heavy atom. The predicted molar refractivity (Wildman–Crippen MR) is 103 cm³/mol. The van der Waals surface area contributed by atoms with Crippen molar-refractivity contribution in [1.29, 1.82) is 0 Å². The van der Waals surface area contributed by atoms with Gasteiger partial charge in [0.15, 0.2) is 0 Å². The lowest BCUT2D eigenvalue weighted by Crippen LogP contribution is -2.56. The number of carbonyl (C=O) groups excluding carboxylic acids is 1. The largest absolute Gasteiger partial charge is 0.487 e. The van der Waals surface area contributed by atoms with E-state index in [4.69, 9.17) is 9.26 Å². The van der Waals surface area contributed by atoms with Gasteiger partial charge in [-0.15, -0.1) is 0 Å². The number of carbonyl (C=O) groups is 1. The van der Waals surface area contributed by atoms with Crippen LogP contribution in [0.5, 0.6) is 5.75 Å². The molecule has 1 aliphatic heterocycles. The Morgan fingerprint density at radius 2 is 1.82 bits per heavy atom. The molecule has 1 amide bonds. The second kappa shape index (κ2) is 7.11. The van der Waals surface area contributed by atoms with Gasteiger partial charge in [-0.05, 0) is 42.7 Å². The zero-order chi connectivity index (χ0) is 18.9.